The molecule has 0 N–H and O–H groups in total. The lowest BCUT2D eigenvalue weighted by Gasteiger charge is -2.20. The van der Waals surface area contributed by atoms with Crippen LogP contribution in [0.1, 0.15) is 13.8 Å². The summed E-state index contributed by atoms with van der Waals surface area (Å²) in [4.78, 5) is 5.15. The predicted molar refractivity (Wildman–Crippen MR) is 55.8 cm³/mol. The summed E-state index contributed by atoms with van der Waals surface area (Å²) in [6.07, 6.45) is 0. The first-order valence-electron chi connectivity index (χ1n) is 5.56. The van der Waals surface area contributed by atoms with Gasteiger partial charge >= 0.3 is 0 Å². The Morgan fingerprint density at radius 3 is 2.08 bits per heavy atom. The van der Waals surface area contributed by atoms with Crippen molar-refractivity contribution in [2.75, 3.05) is 39.8 Å². The summed E-state index contributed by atoms with van der Waals surface area (Å²) in [5.41, 5.74) is 0. The average Bonchev–Trinajstić information content (AvgIpc) is 2.41. The van der Waals surface area contributed by atoms with Gasteiger partial charge in [-0.3, -0.25) is 0 Å². The van der Waals surface area contributed by atoms with E-state index in [1.165, 1.54) is 32.7 Å². The molecule has 2 heteroatoms. The zero-order valence-electron chi connectivity index (χ0n) is 9.16. The van der Waals surface area contributed by atoms with Gasteiger partial charge in [0, 0.05) is 32.7 Å². The lowest BCUT2D eigenvalue weighted by Crippen LogP contribution is -2.29. The number of fused-ring (bicyclic) bond motifs is 1. The zero-order valence-corrected chi connectivity index (χ0v) is 9.16. The molecule has 2 unspecified atom stereocenters. The molecular formula is C11H22N2. The Morgan fingerprint density at radius 2 is 1.62 bits per heavy atom. The highest BCUT2D eigenvalue weighted by Crippen LogP contribution is 2.30. The zero-order chi connectivity index (χ0) is 9.42. The molecule has 0 spiro atoms. The summed E-state index contributed by atoms with van der Waals surface area (Å²) in [5.74, 6) is 2.78. The fourth-order valence-electron chi connectivity index (χ4n) is 2.99. The molecule has 0 aromatic rings. The van der Waals surface area contributed by atoms with E-state index in [1.807, 2.05) is 0 Å². The minimum Gasteiger partial charge on any atom is -0.306 e. The summed E-state index contributed by atoms with van der Waals surface area (Å²) in [6.45, 7) is 11.3. The van der Waals surface area contributed by atoms with Crippen molar-refractivity contribution in [3.63, 3.8) is 0 Å². The molecular weight excluding hydrogens is 160 g/mol. The first-order chi connectivity index (χ1) is 6.15. The van der Waals surface area contributed by atoms with Crippen LogP contribution in [-0.4, -0.2) is 49.6 Å². The second-order valence-corrected chi connectivity index (χ2v) is 5.35. The normalized spacial score (nSPS) is 36.0. The number of hydrogen-bond donors (Lipinski definition) is 0. The first-order valence-corrected chi connectivity index (χ1v) is 5.56. The molecule has 76 valence electrons. The minimum atomic E-state index is 0.830. The molecule has 2 nitrogen and oxygen atoms in total. The minimum absolute atomic E-state index is 0.830. The largest absolute Gasteiger partial charge is 0.306 e. The highest BCUT2D eigenvalue weighted by molar-refractivity contribution is 4.91. The van der Waals surface area contributed by atoms with Crippen molar-refractivity contribution >= 4 is 0 Å². The Bertz CT molecular complexity index is 165. The molecule has 0 aromatic carbocycles. The van der Waals surface area contributed by atoms with Crippen LogP contribution < -0.4 is 0 Å². The van der Waals surface area contributed by atoms with E-state index in [-0.39, 0.29) is 0 Å². The van der Waals surface area contributed by atoms with Gasteiger partial charge < -0.3 is 9.80 Å². The van der Waals surface area contributed by atoms with Crippen molar-refractivity contribution in [1.29, 1.82) is 0 Å². The molecule has 0 bridgehead atoms. The van der Waals surface area contributed by atoms with E-state index in [9.17, 15) is 0 Å². The van der Waals surface area contributed by atoms with Crippen molar-refractivity contribution < 1.29 is 0 Å². The van der Waals surface area contributed by atoms with Gasteiger partial charge in [0.15, 0.2) is 0 Å². The average molecular weight is 182 g/mol. The van der Waals surface area contributed by atoms with Crippen molar-refractivity contribution in [1.82, 2.24) is 9.80 Å². The third kappa shape index (κ3) is 2.05. The van der Waals surface area contributed by atoms with Crippen LogP contribution in [0.5, 0.6) is 0 Å². The smallest absolute Gasteiger partial charge is 0.00257 e. The van der Waals surface area contributed by atoms with Crippen molar-refractivity contribution in [2.24, 2.45) is 17.8 Å². The number of hydrogen-bond acceptors (Lipinski definition) is 2. The maximum Gasteiger partial charge on any atom is 0.00257 e. The van der Waals surface area contributed by atoms with Gasteiger partial charge in [0.25, 0.3) is 0 Å². The van der Waals surface area contributed by atoms with Crippen LogP contribution in [0.4, 0.5) is 0 Å². The van der Waals surface area contributed by atoms with Gasteiger partial charge in [-0.15, -0.1) is 0 Å². The van der Waals surface area contributed by atoms with E-state index in [2.05, 4.69) is 30.7 Å². The number of rotatable bonds is 2. The molecule has 0 aromatic heterocycles. The highest BCUT2D eigenvalue weighted by atomic mass is 15.2. The Hall–Kier alpha value is -0.0800. The van der Waals surface area contributed by atoms with Crippen LogP contribution in [0.3, 0.4) is 0 Å². The molecule has 2 fully saturated rings. The summed E-state index contributed by atoms with van der Waals surface area (Å²) >= 11 is 0. The molecule has 2 rings (SSSR count). The molecule has 2 heterocycles. The second-order valence-electron chi connectivity index (χ2n) is 5.35. The standard InChI is InChI=1S/C11H22N2/c1-9(2)4-13-7-10-5-12(3)6-11(10)8-13/h9-11H,4-8H2,1-3H3. The number of nitrogens with zero attached hydrogens (tertiary/aromatic N) is 2. The predicted octanol–water partition coefficient (Wildman–Crippen LogP) is 1.14. The molecule has 0 saturated carbocycles. The Morgan fingerprint density at radius 1 is 1.08 bits per heavy atom. The van der Waals surface area contributed by atoms with Gasteiger partial charge in [0.05, 0.1) is 0 Å². The van der Waals surface area contributed by atoms with E-state index in [0.29, 0.717) is 0 Å². The van der Waals surface area contributed by atoms with E-state index < -0.39 is 0 Å². The fraction of sp³-hybridized carbons (Fsp3) is 1.00. The quantitative estimate of drug-likeness (QED) is 0.632. The van der Waals surface area contributed by atoms with Crippen LogP contribution in [0, 0.1) is 17.8 Å². The molecule has 2 atom stereocenters. The van der Waals surface area contributed by atoms with Crippen molar-refractivity contribution in [2.45, 2.75) is 13.8 Å². The van der Waals surface area contributed by atoms with E-state index >= 15 is 0 Å². The van der Waals surface area contributed by atoms with Crippen LogP contribution in [0.2, 0.25) is 0 Å². The Labute approximate surface area is 81.9 Å². The van der Waals surface area contributed by atoms with Crippen molar-refractivity contribution in [3.8, 4) is 0 Å². The molecule has 2 aliphatic heterocycles. The van der Waals surface area contributed by atoms with Crippen LogP contribution >= 0.6 is 0 Å². The van der Waals surface area contributed by atoms with Gasteiger partial charge in [0.2, 0.25) is 0 Å². The van der Waals surface area contributed by atoms with Gasteiger partial charge in [-0.1, -0.05) is 13.8 Å². The van der Waals surface area contributed by atoms with E-state index in [1.54, 1.807) is 0 Å². The number of likely N-dealkylation sites (tertiary alicyclic amines) is 2. The summed E-state index contributed by atoms with van der Waals surface area (Å²) in [5, 5.41) is 0. The monoisotopic (exact) mass is 182 g/mol. The SMILES string of the molecule is CC(C)CN1CC2CN(C)CC2C1. The molecule has 0 radical (unpaired) electrons. The van der Waals surface area contributed by atoms with Gasteiger partial charge in [-0.25, -0.2) is 0 Å². The summed E-state index contributed by atoms with van der Waals surface area (Å²) in [6, 6.07) is 0. The highest BCUT2D eigenvalue weighted by Gasteiger charge is 2.38. The maximum absolute atomic E-state index is 2.66. The summed E-state index contributed by atoms with van der Waals surface area (Å²) in [7, 11) is 2.26. The Kier molecular flexibility index (Phi) is 2.61. The topological polar surface area (TPSA) is 6.48 Å². The molecule has 2 aliphatic rings. The van der Waals surface area contributed by atoms with Gasteiger partial charge in [-0.2, -0.15) is 0 Å². The third-order valence-corrected chi connectivity index (χ3v) is 3.37. The van der Waals surface area contributed by atoms with Gasteiger partial charge in [-0.05, 0) is 24.8 Å². The first kappa shape index (κ1) is 9.47. The van der Waals surface area contributed by atoms with Crippen molar-refractivity contribution in [3.05, 3.63) is 0 Å². The van der Waals surface area contributed by atoms with Crippen LogP contribution in [0.15, 0.2) is 0 Å². The van der Waals surface area contributed by atoms with E-state index in [4.69, 9.17) is 0 Å². The third-order valence-electron chi connectivity index (χ3n) is 3.37. The second kappa shape index (κ2) is 3.58. The molecule has 0 aliphatic carbocycles. The van der Waals surface area contributed by atoms with Crippen LogP contribution in [0.25, 0.3) is 0 Å². The lowest BCUT2D eigenvalue weighted by atomic mass is 10.0. The van der Waals surface area contributed by atoms with E-state index in [0.717, 1.165) is 17.8 Å². The van der Waals surface area contributed by atoms with Crippen LogP contribution in [-0.2, 0) is 0 Å². The molecule has 0 amide bonds. The molecule has 2 saturated heterocycles. The van der Waals surface area contributed by atoms with Gasteiger partial charge in [0.1, 0.15) is 0 Å². The fourth-order valence-corrected chi connectivity index (χ4v) is 2.99. The summed E-state index contributed by atoms with van der Waals surface area (Å²) < 4.78 is 0. The maximum atomic E-state index is 2.66. The Balaban J connectivity index is 1.83. The lowest BCUT2D eigenvalue weighted by molar-refractivity contribution is 0.254. The molecule has 13 heavy (non-hydrogen) atoms.